The van der Waals surface area contributed by atoms with Gasteiger partial charge in [-0.05, 0) is 52.9 Å². The van der Waals surface area contributed by atoms with E-state index in [1.165, 1.54) is 23.0 Å². The Balaban J connectivity index is 0.820. The van der Waals surface area contributed by atoms with Gasteiger partial charge in [-0.1, -0.05) is 84.9 Å². The molecule has 0 aliphatic carbocycles. The van der Waals surface area contributed by atoms with Gasteiger partial charge in [0.25, 0.3) is 11.9 Å². The zero-order valence-electron chi connectivity index (χ0n) is 30.7. The van der Waals surface area contributed by atoms with Gasteiger partial charge in [0.2, 0.25) is 5.91 Å². The van der Waals surface area contributed by atoms with Gasteiger partial charge in [-0.15, -0.1) is 0 Å². The first-order valence-corrected chi connectivity index (χ1v) is 18.3. The summed E-state index contributed by atoms with van der Waals surface area (Å²) in [5.41, 5.74) is 6.08. The number of carbonyl (C=O) groups excluding carboxylic acids is 3. The number of hydrogen-bond acceptors (Lipinski definition) is 10. The molecule has 1 aliphatic heterocycles. The van der Waals surface area contributed by atoms with Crippen molar-refractivity contribution < 1.29 is 33.0 Å². The number of nitrogens with zero attached hydrogens (tertiary/aromatic N) is 3. The lowest BCUT2D eigenvalue weighted by atomic mass is 10.0. The van der Waals surface area contributed by atoms with E-state index < -0.39 is 12.0 Å². The monoisotopic (exact) mass is 746 g/mol. The Labute approximate surface area is 320 Å². The minimum atomic E-state index is -0.520. The Morgan fingerprint density at radius 2 is 1.29 bits per heavy atom. The molecular weight excluding hydrogens is 700 g/mol. The topological polar surface area (TPSA) is 148 Å². The molecule has 0 unspecified atom stereocenters. The van der Waals surface area contributed by atoms with Crippen LogP contribution in [0, 0.1) is 0 Å². The van der Waals surface area contributed by atoms with Crippen LogP contribution in [0.3, 0.4) is 0 Å². The molecule has 55 heavy (non-hydrogen) atoms. The van der Waals surface area contributed by atoms with Crippen molar-refractivity contribution in [2.45, 2.75) is 19.6 Å². The number of hydrogen-bond donors (Lipinski definition) is 3. The molecule has 13 heteroatoms. The minimum Gasteiger partial charge on any atom is -0.445 e. The summed E-state index contributed by atoms with van der Waals surface area (Å²) in [6.07, 6.45) is 1.78. The number of aromatic nitrogens is 1. The fourth-order valence-corrected chi connectivity index (χ4v) is 5.88. The van der Waals surface area contributed by atoms with Gasteiger partial charge in [0.1, 0.15) is 19.5 Å². The predicted octanol–water partition coefficient (Wildman–Crippen LogP) is 5.74. The highest BCUT2D eigenvalue weighted by molar-refractivity contribution is 6.03. The van der Waals surface area contributed by atoms with E-state index in [2.05, 4.69) is 79.3 Å². The van der Waals surface area contributed by atoms with Gasteiger partial charge in [-0.2, -0.15) is 4.98 Å². The van der Waals surface area contributed by atoms with Crippen LogP contribution >= 0.6 is 0 Å². The number of nitrogens with one attached hydrogen (secondary N) is 3. The summed E-state index contributed by atoms with van der Waals surface area (Å²) < 4.78 is 21.6. The first-order valence-electron chi connectivity index (χ1n) is 18.3. The summed E-state index contributed by atoms with van der Waals surface area (Å²) in [6.45, 7) is 5.15. The lowest BCUT2D eigenvalue weighted by Crippen LogP contribution is -2.46. The van der Waals surface area contributed by atoms with Crippen molar-refractivity contribution in [1.29, 1.82) is 0 Å². The van der Waals surface area contributed by atoms with Crippen LogP contribution in [-0.4, -0.2) is 86.9 Å². The second kappa shape index (κ2) is 20.4. The molecule has 1 aromatic heterocycles. The van der Waals surface area contributed by atoms with E-state index >= 15 is 0 Å². The molecule has 6 rings (SSSR count). The third kappa shape index (κ3) is 12.8. The summed E-state index contributed by atoms with van der Waals surface area (Å²) in [6, 6.07) is 35.9. The molecule has 286 valence electrons. The van der Waals surface area contributed by atoms with E-state index in [1.54, 1.807) is 24.3 Å². The second-order valence-corrected chi connectivity index (χ2v) is 13.0. The molecule has 0 spiro atoms. The van der Waals surface area contributed by atoms with Crippen LogP contribution in [-0.2, 0) is 38.6 Å². The summed E-state index contributed by atoms with van der Waals surface area (Å²) in [5.74, 6) is -0.723. The highest BCUT2D eigenvalue weighted by Gasteiger charge is 2.22. The Bertz CT molecular complexity index is 1930. The SMILES string of the molecule is O=C(COCCOCCNC(=O)OCc1ccccc1)Nc1ccc(NC(=O)c2coc(N3CCN(Cc4ccc(Cc5ccccc5)cc4)CC3)n2)cc1. The van der Waals surface area contributed by atoms with Gasteiger partial charge in [0, 0.05) is 50.6 Å². The Morgan fingerprint density at radius 3 is 2.00 bits per heavy atom. The number of piperazine rings is 1. The molecule has 0 radical (unpaired) electrons. The number of anilines is 3. The standard InChI is InChI=1S/C42H46N6O7/c49-39(31-53-26-25-52-24-19-43-42(51)55-29-35-9-5-2-6-10-35)44-36-15-17-37(18-16-36)45-40(50)38-30-54-41(46-38)48-22-20-47(21-23-48)28-34-13-11-33(12-14-34)27-32-7-3-1-4-8-32/h1-18,30H,19-29,31H2,(H,43,51)(H,44,49)(H,45,50). The van der Waals surface area contributed by atoms with Crippen LogP contribution in [0.15, 0.2) is 120 Å². The third-order valence-corrected chi connectivity index (χ3v) is 8.81. The summed E-state index contributed by atoms with van der Waals surface area (Å²) in [5, 5.41) is 8.18. The first kappa shape index (κ1) is 38.7. The Morgan fingerprint density at radius 1 is 0.673 bits per heavy atom. The predicted molar refractivity (Wildman–Crippen MR) is 209 cm³/mol. The molecule has 5 aromatic rings. The summed E-state index contributed by atoms with van der Waals surface area (Å²) >= 11 is 0. The van der Waals surface area contributed by atoms with Crippen molar-refractivity contribution in [3.8, 4) is 0 Å². The van der Waals surface area contributed by atoms with Gasteiger partial charge in [-0.3, -0.25) is 14.5 Å². The third-order valence-electron chi connectivity index (χ3n) is 8.81. The Hall–Kier alpha value is -6.02. The summed E-state index contributed by atoms with van der Waals surface area (Å²) in [7, 11) is 0. The van der Waals surface area contributed by atoms with Crippen LogP contribution in [0.2, 0.25) is 0 Å². The van der Waals surface area contributed by atoms with Crippen LogP contribution in [0.1, 0.15) is 32.7 Å². The lowest BCUT2D eigenvalue weighted by Gasteiger charge is -2.33. The van der Waals surface area contributed by atoms with E-state index in [9.17, 15) is 14.4 Å². The number of oxazole rings is 1. The van der Waals surface area contributed by atoms with Crippen LogP contribution < -0.4 is 20.9 Å². The van der Waals surface area contributed by atoms with Gasteiger partial charge < -0.3 is 39.5 Å². The zero-order valence-corrected chi connectivity index (χ0v) is 30.7. The Kier molecular flexibility index (Phi) is 14.4. The second-order valence-electron chi connectivity index (χ2n) is 13.0. The van der Waals surface area contributed by atoms with Crippen LogP contribution in [0.25, 0.3) is 0 Å². The van der Waals surface area contributed by atoms with Crippen molar-refractivity contribution in [2.24, 2.45) is 0 Å². The van der Waals surface area contributed by atoms with E-state index in [1.807, 2.05) is 36.4 Å². The van der Waals surface area contributed by atoms with Gasteiger partial charge in [0.05, 0.1) is 19.8 Å². The maximum Gasteiger partial charge on any atom is 0.407 e. The van der Waals surface area contributed by atoms with Crippen molar-refractivity contribution in [1.82, 2.24) is 15.2 Å². The minimum absolute atomic E-state index is 0.154. The number of alkyl carbamates (subject to hydrolysis) is 1. The van der Waals surface area contributed by atoms with Gasteiger partial charge in [-0.25, -0.2) is 4.79 Å². The molecule has 1 fully saturated rings. The van der Waals surface area contributed by atoms with Crippen molar-refractivity contribution in [2.75, 3.05) is 74.7 Å². The number of amides is 3. The average molecular weight is 747 g/mol. The van der Waals surface area contributed by atoms with Gasteiger partial charge >= 0.3 is 6.09 Å². The maximum atomic E-state index is 12.9. The number of carbonyl (C=O) groups is 3. The van der Waals surface area contributed by atoms with Gasteiger partial charge in [0.15, 0.2) is 5.69 Å². The molecule has 0 atom stereocenters. The number of ether oxygens (including phenoxy) is 3. The molecule has 1 saturated heterocycles. The lowest BCUT2D eigenvalue weighted by molar-refractivity contribution is -0.121. The normalized spacial score (nSPS) is 12.9. The zero-order chi connectivity index (χ0) is 38.1. The average Bonchev–Trinajstić information content (AvgIpc) is 3.72. The van der Waals surface area contributed by atoms with E-state index in [-0.39, 0.29) is 51.2 Å². The van der Waals surface area contributed by atoms with Crippen LogP contribution in [0.5, 0.6) is 0 Å². The van der Waals surface area contributed by atoms with E-state index in [0.29, 0.717) is 17.4 Å². The molecular formula is C42H46N6O7. The molecule has 13 nitrogen and oxygen atoms in total. The molecule has 3 amide bonds. The quantitative estimate of drug-likeness (QED) is 0.0950. The summed E-state index contributed by atoms with van der Waals surface area (Å²) in [4.78, 5) is 45.9. The molecule has 1 aliphatic rings. The van der Waals surface area contributed by atoms with E-state index in [0.717, 1.165) is 44.7 Å². The highest BCUT2D eigenvalue weighted by Crippen LogP contribution is 2.20. The van der Waals surface area contributed by atoms with Crippen molar-refractivity contribution in [3.05, 3.63) is 143 Å². The molecule has 4 aromatic carbocycles. The number of rotatable bonds is 18. The van der Waals surface area contributed by atoms with E-state index in [4.69, 9.17) is 18.6 Å². The highest BCUT2D eigenvalue weighted by atomic mass is 16.5. The van der Waals surface area contributed by atoms with Crippen molar-refractivity contribution >= 4 is 35.3 Å². The first-order chi connectivity index (χ1) is 27.0. The maximum absolute atomic E-state index is 12.9. The fraction of sp³-hybridized carbons (Fsp3) is 0.286. The molecule has 3 N–H and O–H groups in total. The van der Waals surface area contributed by atoms with Crippen LogP contribution in [0.4, 0.5) is 22.2 Å². The smallest absolute Gasteiger partial charge is 0.407 e. The fourth-order valence-electron chi connectivity index (χ4n) is 5.88. The molecule has 2 heterocycles. The molecule has 0 bridgehead atoms. The number of benzene rings is 4. The largest absolute Gasteiger partial charge is 0.445 e. The van der Waals surface area contributed by atoms with Crippen molar-refractivity contribution in [3.63, 3.8) is 0 Å². The molecule has 0 saturated carbocycles.